The quantitative estimate of drug-likeness (QED) is 0.644. The van der Waals surface area contributed by atoms with Gasteiger partial charge in [0.2, 0.25) is 0 Å². The Morgan fingerprint density at radius 1 is 0.962 bits per heavy atom. The Morgan fingerprint density at radius 2 is 1.77 bits per heavy atom. The fraction of sp³-hybridized carbons (Fsp3) is 0.105. The molecule has 0 aliphatic heterocycles. The number of nitrogens with one attached hydrogen (secondary N) is 2. The van der Waals surface area contributed by atoms with Gasteiger partial charge in [0.1, 0.15) is 17.8 Å². The molecule has 132 valence electrons. The average molecular weight is 387 g/mol. The molecule has 0 saturated heterocycles. The van der Waals surface area contributed by atoms with Crippen molar-refractivity contribution in [3.8, 4) is 0 Å². The summed E-state index contributed by atoms with van der Waals surface area (Å²) in [5.74, 6) is 0.274. The van der Waals surface area contributed by atoms with Crippen LogP contribution in [0.15, 0.2) is 60.9 Å². The molecule has 2 aromatic carbocycles. The Kier molecular flexibility index (Phi) is 6.04. The molecular weight excluding hydrogens is 371 g/mol. The highest BCUT2D eigenvalue weighted by Gasteiger charge is 2.09. The van der Waals surface area contributed by atoms with Crippen molar-refractivity contribution in [3.05, 3.63) is 82.2 Å². The summed E-state index contributed by atoms with van der Waals surface area (Å²) in [5, 5.41) is 7.28. The monoisotopic (exact) mass is 386 g/mol. The van der Waals surface area contributed by atoms with E-state index in [2.05, 4.69) is 20.6 Å². The lowest BCUT2D eigenvalue weighted by Gasteiger charge is -2.08. The second-order valence-electron chi connectivity index (χ2n) is 5.56. The van der Waals surface area contributed by atoms with Gasteiger partial charge >= 0.3 is 0 Å². The summed E-state index contributed by atoms with van der Waals surface area (Å²) < 4.78 is 0. The minimum absolute atomic E-state index is 0.278. The maximum absolute atomic E-state index is 12.3. The fourth-order valence-electron chi connectivity index (χ4n) is 2.33. The number of aromatic nitrogens is 2. The number of halogens is 2. The van der Waals surface area contributed by atoms with Crippen LogP contribution in [0.5, 0.6) is 0 Å². The van der Waals surface area contributed by atoms with Crippen molar-refractivity contribution in [2.24, 2.45) is 0 Å². The molecule has 0 aliphatic rings. The molecule has 0 bridgehead atoms. The molecular formula is C19H16Cl2N4O. The van der Waals surface area contributed by atoms with Gasteiger partial charge in [0.05, 0.1) is 0 Å². The van der Waals surface area contributed by atoms with Crippen LogP contribution >= 0.6 is 23.2 Å². The number of hydrogen-bond acceptors (Lipinski definition) is 4. The molecule has 0 spiro atoms. The zero-order valence-corrected chi connectivity index (χ0v) is 15.3. The predicted octanol–water partition coefficient (Wildman–Crippen LogP) is 4.69. The van der Waals surface area contributed by atoms with Gasteiger partial charge in [-0.2, -0.15) is 0 Å². The number of anilines is 2. The lowest BCUT2D eigenvalue weighted by Crippen LogP contribution is -2.15. The van der Waals surface area contributed by atoms with E-state index in [4.69, 9.17) is 23.2 Å². The van der Waals surface area contributed by atoms with Crippen LogP contribution in [0, 0.1) is 0 Å². The number of carbonyl (C=O) groups is 1. The zero-order valence-electron chi connectivity index (χ0n) is 13.7. The average Bonchev–Trinajstić information content (AvgIpc) is 2.64. The van der Waals surface area contributed by atoms with Gasteiger partial charge < -0.3 is 10.6 Å². The van der Waals surface area contributed by atoms with Crippen LogP contribution < -0.4 is 10.6 Å². The van der Waals surface area contributed by atoms with Crippen molar-refractivity contribution in [1.29, 1.82) is 0 Å². The van der Waals surface area contributed by atoms with Crippen LogP contribution in [-0.2, 0) is 6.42 Å². The number of hydrogen-bond donors (Lipinski definition) is 2. The summed E-state index contributed by atoms with van der Waals surface area (Å²) >= 11 is 11.8. The highest BCUT2D eigenvalue weighted by Crippen LogP contribution is 2.15. The smallest absolute Gasteiger partial charge is 0.274 e. The molecule has 0 fully saturated rings. The Bertz CT molecular complexity index is 900. The first-order valence-electron chi connectivity index (χ1n) is 7.97. The SMILES string of the molecule is O=C(Nc1ccc(Cl)cc1)c1cc(NCCc2cccc(Cl)c2)ncn1. The highest BCUT2D eigenvalue weighted by molar-refractivity contribution is 6.30. The van der Waals surface area contributed by atoms with Crippen LogP contribution in [0.1, 0.15) is 16.1 Å². The number of amides is 1. The third kappa shape index (κ3) is 5.18. The first-order valence-corrected chi connectivity index (χ1v) is 8.73. The first-order chi connectivity index (χ1) is 12.6. The van der Waals surface area contributed by atoms with Gasteiger partial charge in [0.15, 0.2) is 0 Å². The van der Waals surface area contributed by atoms with E-state index in [1.54, 1.807) is 30.3 Å². The Morgan fingerprint density at radius 3 is 2.54 bits per heavy atom. The highest BCUT2D eigenvalue weighted by atomic mass is 35.5. The van der Waals surface area contributed by atoms with Crippen LogP contribution in [0.3, 0.4) is 0 Å². The Balaban J connectivity index is 1.58. The second-order valence-corrected chi connectivity index (χ2v) is 6.43. The molecule has 1 heterocycles. The third-order valence-corrected chi connectivity index (χ3v) is 4.10. The van der Waals surface area contributed by atoms with Gasteiger partial charge in [-0.1, -0.05) is 35.3 Å². The molecule has 0 atom stereocenters. The van der Waals surface area contributed by atoms with E-state index in [1.165, 1.54) is 6.33 Å². The summed E-state index contributed by atoms with van der Waals surface area (Å²) in [4.78, 5) is 20.5. The molecule has 5 nitrogen and oxygen atoms in total. The van der Waals surface area contributed by atoms with E-state index in [9.17, 15) is 4.79 Å². The Labute approximate surface area is 161 Å². The third-order valence-electron chi connectivity index (χ3n) is 3.61. The summed E-state index contributed by atoms with van der Waals surface area (Å²) in [7, 11) is 0. The van der Waals surface area contributed by atoms with E-state index in [1.807, 2.05) is 24.3 Å². The van der Waals surface area contributed by atoms with Crippen molar-refractivity contribution in [1.82, 2.24) is 9.97 Å². The van der Waals surface area contributed by atoms with Crippen LogP contribution in [0.2, 0.25) is 10.0 Å². The van der Waals surface area contributed by atoms with Gasteiger partial charge in [-0.15, -0.1) is 0 Å². The minimum atomic E-state index is -0.312. The topological polar surface area (TPSA) is 66.9 Å². The summed E-state index contributed by atoms with van der Waals surface area (Å²) in [6, 6.07) is 16.2. The molecule has 1 aromatic heterocycles. The van der Waals surface area contributed by atoms with E-state index in [0.717, 1.165) is 12.0 Å². The maximum atomic E-state index is 12.3. The summed E-state index contributed by atoms with van der Waals surface area (Å²) in [6.07, 6.45) is 2.15. The van der Waals surface area contributed by atoms with Crippen molar-refractivity contribution < 1.29 is 4.79 Å². The Hall–Kier alpha value is -2.63. The fourth-order valence-corrected chi connectivity index (χ4v) is 2.67. The molecule has 7 heteroatoms. The maximum Gasteiger partial charge on any atom is 0.274 e. The number of benzene rings is 2. The molecule has 0 radical (unpaired) electrons. The van der Waals surface area contributed by atoms with E-state index < -0.39 is 0 Å². The molecule has 0 unspecified atom stereocenters. The number of nitrogens with zero attached hydrogens (tertiary/aromatic N) is 2. The zero-order chi connectivity index (χ0) is 18.4. The van der Waals surface area contributed by atoms with Crippen LogP contribution in [-0.4, -0.2) is 22.4 Å². The van der Waals surface area contributed by atoms with Crippen molar-refractivity contribution in [2.45, 2.75) is 6.42 Å². The van der Waals surface area contributed by atoms with Crippen LogP contribution in [0.25, 0.3) is 0 Å². The molecule has 26 heavy (non-hydrogen) atoms. The van der Waals surface area contributed by atoms with Gasteiger partial charge in [-0.25, -0.2) is 9.97 Å². The molecule has 0 aliphatic carbocycles. The molecule has 1 amide bonds. The van der Waals surface area contributed by atoms with Crippen molar-refractivity contribution >= 4 is 40.6 Å². The van der Waals surface area contributed by atoms with Gasteiger partial charge in [0.25, 0.3) is 5.91 Å². The molecule has 3 rings (SSSR count). The minimum Gasteiger partial charge on any atom is -0.370 e. The largest absolute Gasteiger partial charge is 0.370 e. The standard InChI is InChI=1S/C19H16Cl2N4O/c20-14-4-6-16(7-5-14)25-19(26)17-11-18(24-12-23-17)22-9-8-13-2-1-3-15(21)10-13/h1-7,10-12H,8-9H2,(H,25,26)(H,22,23,24). The van der Waals surface area contributed by atoms with Crippen molar-refractivity contribution in [2.75, 3.05) is 17.2 Å². The van der Waals surface area contributed by atoms with E-state index >= 15 is 0 Å². The van der Waals surface area contributed by atoms with Gasteiger partial charge in [-0.3, -0.25) is 4.79 Å². The van der Waals surface area contributed by atoms with E-state index in [-0.39, 0.29) is 11.6 Å². The lowest BCUT2D eigenvalue weighted by molar-refractivity contribution is 0.102. The predicted molar refractivity (Wildman–Crippen MR) is 105 cm³/mol. The summed E-state index contributed by atoms with van der Waals surface area (Å²) in [5.41, 5.74) is 2.05. The molecule has 0 saturated carbocycles. The second kappa shape index (κ2) is 8.65. The van der Waals surface area contributed by atoms with Crippen LogP contribution in [0.4, 0.5) is 11.5 Å². The summed E-state index contributed by atoms with van der Waals surface area (Å²) in [6.45, 7) is 0.662. The van der Waals surface area contributed by atoms with Gasteiger partial charge in [0, 0.05) is 28.3 Å². The first kappa shape index (κ1) is 18.2. The lowest BCUT2D eigenvalue weighted by atomic mass is 10.1. The van der Waals surface area contributed by atoms with Crippen molar-refractivity contribution in [3.63, 3.8) is 0 Å². The molecule has 3 aromatic rings. The normalized spacial score (nSPS) is 10.4. The van der Waals surface area contributed by atoms with Gasteiger partial charge in [-0.05, 0) is 48.4 Å². The van der Waals surface area contributed by atoms with E-state index in [0.29, 0.717) is 28.1 Å². The number of rotatable bonds is 6. The number of carbonyl (C=O) groups excluding carboxylic acids is 1. The molecule has 2 N–H and O–H groups in total.